The largest absolute Gasteiger partial charge is 0.573 e. The molecule has 3 rings (SSSR count). The molecule has 0 amide bonds. The second-order valence-corrected chi connectivity index (χ2v) is 8.96. The summed E-state index contributed by atoms with van der Waals surface area (Å²) in [5.41, 5.74) is 0.512. The Labute approximate surface area is 185 Å². The zero-order valence-electron chi connectivity index (χ0n) is 17.4. The minimum absolute atomic E-state index is 0.129. The lowest BCUT2D eigenvalue weighted by molar-refractivity contribution is -0.274. The summed E-state index contributed by atoms with van der Waals surface area (Å²) in [6, 6.07) is 11.7. The summed E-state index contributed by atoms with van der Waals surface area (Å²) in [7, 11) is 0. The monoisotopic (exact) mass is 467 g/mol. The summed E-state index contributed by atoms with van der Waals surface area (Å²) in [5, 5.41) is 10.1. The zero-order chi connectivity index (χ0) is 23.7. The first-order valence-corrected chi connectivity index (χ1v) is 10.3. The maximum atomic E-state index is 12.7. The van der Waals surface area contributed by atoms with Crippen molar-refractivity contribution in [3.63, 3.8) is 0 Å². The molecule has 0 atom stereocenters. The molecule has 0 saturated heterocycles. The first-order valence-electron chi connectivity index (χ1n) is 9.52. The van der Waals surface area contributed by atoms with Gasteiger partial charge in [-0.15, -0.1) is 24.9 Å². The number of esters is 1. The van der Waals surface area contributed by atoms with Crippen LogP contribution in [0.2, 0.25) is 0 Å². The van der Waals surface area contributed by atoms with E-state index in [1.54, 1.807) is 45.0 Å². The summed E-state index contributed by atoms with van der Waals surface area (Å²) < 4.78 is 47.5. The molecule has 3 aromatic rings. The fourth-order valence-electron chi connectivity index (χ4n) is 3.14. The summed E-state index contributed by atoms with van der Waals surface area (Å²) in [6.45, 7) is 5.36. The lowest BCUT2D eigenvalue weighted by Gasteiger charge is -2.22. The highest BCUT2D eigenvalue weighted by Crippen LogP contribution is 2.36. The van der Waals surface area contributed by atoms with Gasteiger partial charge in [0.05, 0.1) is 12.1 Å². The molecule has 0 aliphatic heterocycles. The van der Waals surface area contributed by atoms with Crippen molar-refractivity contribution in [1.29, 1.82) is 0 Å². The van der Waals surface area contributed by atoms with Crippen LogP contribution in [0.15, 0.2) is 53.4 Å². The number of benzene rings is 2. The molecule has 10 heteroatoms. The topological polar surface area (TPSA) is 77.8 Å². The van der Waals surface area contributed by atoms with Crippen molar-refractivity contribution in [1.82, 2.24) is 4.57 Å². The summed E-state index contributed by atoms with van der Waals surface area (Å²) >= 11 is 1.23. The molecule has 0 spiro atoms. The summed E-state index contributed by atoms with van der Waals surface area (Å²) in [6.07, 6.45) is -4.88. The van der Waals surface area contributed by atoms with E-state index in [4.69, 9.17) is 4.74 Å². The van der Waals surface area contributed by atoms with Gasteiger partial charge >= 0.3 is 18.3 Å². The number of carboxylic acid groups (broad SMARTS) is 1. The Kier molecular flexibility index (Phi) is 6.45. The number of carbonyl (C=O) groups excluding carboxylic acids is 1. The van der Waals surface area contributed by atoms with E-state index in [1.165, 1.54) is 28.5 Å². The third kappa shape index (κ3) is 5.18. The van der Waals surface area contributed by atoms with Gasteiger partial charge in [-0.1, -0.05) is 6.07 Å². The Morgan fingerprint density at radius 1 is 1.09 bits per heavy atom. The minimum atomic E-state index is -4.88. The highest BCUT2D eigenvalue weighted by Gasteiger charge is 2.32. The standard InChI is InChI=1S/C22H20F3NO5S/c1-4-30-20(29)21(2,3)32-16-7-5-6-14(11-16)26-17-12-15(31-22(23,24)25)9-8-13(17)10-18(26)19(27)28/h5-12H,4H2,1-3H3,(H,27,28). The average molecular weight is 467 g/mol. The zero-order valence-corrected chi connectivity index (χ0v) is 18.2. The predicted octanol–water partition coefficient (Wildman–Crippen LogP) is 5.66. The molecular formula is C22H20F3NO5S. The Bertz CT molecular complexity index is 1170. The number of aromatic carboxylic acids is 1. The fraction of sp³-hybridized carbons (Fsp3) is 0.273. The summed E-state index contributed by atoms with van der Waals surface area (Å²) in [4.78, 5) is 24.7. The van der Waals surface area contributed by atoms with Crippen LogP contribution >= 0.6 is 11.8 Å². The molecule has 0 unspecified atom stereocenters. The highest BCUT2D eigenvalue weighted by molar-refractivity contribution is 8.01. The number of ether oxygens (including phenoxy) is 2. The molecule has 170 valence electrons. The van der Waals surface area contributed by atoms with Crippen LogP contribution in [-0.4, -0.2) is 39.3 Å². The Hall–Kier alpha value is -3.14. The van der Waals surface area contributed by atoms with Crippen molar-refractivity contribution >= 4 is 34.6 Å². The van der Waals surface area contributed by atoms with Gasteiger partial charge in [-0.25, -0.2) is 4.79 Å². The van der Waals surface area contributed by atoms with E-state index >= 15 is 0 Å². The van der Waals surface area contributed by atoms with E-state index in [9.17, 15) is 27.9 Å². The number of carboxylic acids is 1. The average Bonchev–Trinajstić information content (AvgIpc) is 3.06. The number of thioether (sulfide) groups is 1. The third-order valence-corrected chi connectivity index (χ3v) is 5.61. The number of halogens is 3. The van der Waals surface area contributed by atoms with Gasteiger partial charge in [0, 0.05) is 22.0 Å². The molecule has 1 heterocycles. The first-order chi connectivity index (χ1) is 14.9. The smallest absolute Gasteiger partial charge is 0.477 e. The van der Waals surface area contributed by atoms with E-state index in [0.29, 0.717) is 16.0 Å². The molecule has 6 nitrogen and oxygen atoms in total. The fourth-order valence-corrected chi connectivity index (χ4v) is 4.20. The van der Waals surface area contributed by atoms with Crippen LogP contribution in [0.4, 0.5) is 13.2 Å². The van der Waals surface area contributed by atoms with Gasteiger partial charge in [0.2, 0.25) is 0 Å². The van der Waals surface area contributed by atoms with Crippen LogP contribution in [0.3, 0.4) is 0 Å². The third-order valence-electron chi connectivity index (χ3n) is 4.44. The molecule has 2 aromatic carbocycles. The Balaban J connectivity index is 2.09. The normalized spacial score (nSPS) is 12.1. The number of rotatable bonds is 7. The number of fused-ring (bicyclic) bond motifs is 1. The van der Waals surface area contributed by atoms with Crippen molar-refractivity contribution in [3.05, 3.63) is 54.2 Å². The molecule has 1 aromatic heterocycles. The maximum absolute atomic E-state index is 12.7. The number of hydrogen-bond acceptors (Lipinski definition) is 5. The van der Waals surface area contributed by atoms with Crippen LogP contribution in [0.25, 0.3) is 16.6 Å². The second-order valence-electron chi connectivity index (χ2n) is 7.27. The number of aromatic nitrogens is 1. The van der Waals surface area contributed by atoms with Gasteiger partial charge < -0.3 is 19.1 Å². The van der Waals surface area contributed by atoms with Crippen molar-refractivity contribution < 1.29 is 37.3 Å². The lowest BCUT2D eigenvalue weighted by atomic mass is 10.2. The molecule has 32 heavy (non-hydrogen) atoms. The van der Waals surface area contributed by atoms with Crippen molar-refractivity contribution in [2.45, 2.75) is 36.8 Å². The minimum Gasteiger partial charge on any atom is -0.477 e. The SMILES string of the molecule is CCOC(=O)C(C)(C)Sc1cccc(-n2c(C(=O)O)cc3ccc(OC(F)(F)F)cc32)c1. The Morgan fingerprint density at radius 2 is 1.81 bits per heavy atom. The molecule has 0 saturated carbocycles. The van der Waals surface area contributed by atoms with Gasteiger partial charge in [0.25, 0.3) is 0 Å². The van der Waals surface area contributed by atoms with Crippen LogP contribution in [0.5, 0.6) is 5.75 Å². The van der Waals surface area contributed by atoms with E-state index in [-0.39, 0.29) is 17.8 Å². The summed E-state index contributed by atoms with van der Waals surface area (Å²) in [5.74, 6) is -2.11. The van der Waals surface area contributed by atoms with E-state index in [1.807, 2.05) is 0 Å². The van der Waals surface area contributed by atoms with Gasteiger partial charge in [-0.3, -0.25) is 4.79 Å². The van der Waals surface area contributed by atoms with Gasteiger partial charge in [-0.05, 0) is 57.2 Å². The van der Waals surface area contributed by atoms with Crippen LogP contribution in [0, 0.1) is 0 Å². The molecular weight excluding hydrogens is 447 g/mol. The van der Waals surface area contributed by atoms with E-state index in [2.05, 4.69) is 4.74 Å². The van der Waals surface area contributed by atoms with Crippen molar-refractivity contribution in [3.8, 4) is 11.4 Å². The van der Waals surface area contributed by atoms with E-state index < -0.39 is 28.8 Å². The quantitative estimate of drug-likeness (QED) is 0.357. The lowest BCUT2D eigenvalue weighted by Crippen LogP contribution is -2.29. The van der Waals surface area contributed by atoms with Crippen LogP contribution in [-0.2, 0) is 9.53 Å². The Morgan fingerprint density at radius 3 is 2.44 bits per heavy atom. The first kappa shape index (κ1) is 23.5. The second kappa shape index (κ2) is 8.78. The number of nitrogens with zero attached hydrogens (tertiary/aromatic N) is 1. The molecule has 0 bridgehead atoms. The predicted molar refractivity (Wildman–Crippen MR) is 113 cm³/mol. The van der Waals surface area contributed by atoms with Gasteiger partial charge in [0.15, 0.2) is 0 Å². The number of alkyl halides is 3. The highest BCUT2D eigenvalue weighted by atomic mass is 32.2. The molecule has 1 N–H and O–H groups in total. The van der Waals surface area contributed by atoms with Crippen molar-refractivity contribution in [2.24, 2.45) is 0 Å². The molecule has 0 aliphatic carbocycles. The van der Waals surface area contributed by atoms with Crippen LogP contribution in [0.1, 0.15) is 31.3 Å². The molecule has 0 aliphatic rings. The van der Waals surface area contributed by atoms with Gasteiger partial charge in [0.1, 0.15) is 16.2 Å². The van der Waals surface area contributed by atoms with Crippen molar-refractivity contribution in [2.75, 3.05) is 6.61 Å². The molecule has 0 fully saturated rings. The van der Waals surface area contributed by atoms with E-state index in [0.717, 1.165) is 12.1 Å². The number of carbonyl (C=O) groups is 2. The van der Waals surface area contributed by atoms with Crippen LogP contribution < -0.4 is 4.74 Å². The van der Waals surface area contributed by atoms with Gasteiger partial charge in [-0.2, -0.15) is 0 Å². The number of hydrogen-bond donors (Lipinski definition) is 1. The molecule has 0 radical (unpaired) electrons. The maximum Gasteiger partial charge on any atom is 0.573 e.